The molecule has 5 nitrogen and oxygen atoms in total. The fourth-order valence-electron chi connectivity index (χ4n) is 1.02. The number of hydrogen-bond acceptors (Lipinski definition) is 5. The molecule has 0 saturated heterocycles. The van der Waals surface area contributed by atoms with Crippen LogP contribution in [0.2, 0.25) is 0 Å². The Morgan fingerprint density at radius 1 is 1.71 bits per heavy atom. The quantitative estimate of drug-likeness (QED) is 0.432. The molecule has 84 valence electrons. The molecular weight excluding hydrogens is 204 g/mol. The van der Waals surface area contributed by atoms with E-state index in [0.29, 0.717) is 6.54 Å². The first-order valence-corrected chi connectivity index (χ1v) is 5.82. The topological polar surface area (TPSA) is 95.6 Å². The van der Waals surface area contributed by atoms with Crippen LogP contribution in [0.15, 0.2) is 0 Å². The number of aliphatic hydroxyl groups is 1. The van der Waals surface area contributed by atoms with Crippen LogP contribution in [-0.4, -0.2) is 46.5 Å². The van der Waals surface area contributed by atoms with Gasteiger partial charge in [0.25, 0.3) is 0 Å². The molecular formula is C8H18N2O3S. The highest BCUT2D eigenvalue weighted by Gasteiger charge is 2.38. The van der Waals surface area contributed by atoms with Gasteiger partial charge < -0.3 is 15.9 Å². The Labute approximate surface area is 88.1 Å². The molecule has 5 N–H and O–H groups in total. The summed E-state index contributed by atoms with van der Waals surface area (Å²) in [6, 6.07) is -1.30. The zero-order chi connectivity index (χ0) is 11.2. The molecule has 0 aliphatic heterocycles. The van der Waals surface area contributed by atoms with E-state index in [9.17, 15) is 9.90 Å². The molecule has 1 unspecified atom stereocenters. The molecule has 0 aliphatic rings. The van der Waals surface area contributed by atoms with Gasteiger partial charge in [0.05, 0.1) is 0 Å². The summed E-state index contributed by atoms with van der Waals surface area (Å²) in [5.41, 5.74) is 3.87. The van der Waals surface area contributed by atoms with E-state index in [1.54, 1.807) is 6.26 Å². The predicted octanol–water partition coefficient (Wildman–Crippen LogP) is -0.550. The number of aliphatic carboxylic acids is 1. The maximum Gasteiger partial charge on any atom is 0.324 e. The van der Waals surface area contributed by atoms with Gasteiger partial charge in [-0.1, -0.05) is 6.92 Å². The molecule has 0 fully saturated rings. The van der Waals surface area contributed by atoms with E-state index >= 15 is 0 Å². The van der Waals surface area contributed by atoms with Crippen molar-refractivity contribution < 1.29 is 15.0 Å². The van der Waals surface area contributed by atoms with Crippen LogP contribution in [0.5, 0.6) is 0 Å². The van der Waals surface area contributed by atoms with Gasteiger partial charge in [-0.25, -0.2) is 0 Å². The molecule has 0 bridgehead atoms. The first kappa shape index (κ1) is 13.7. The minimum absolute atomic E-state index is 0.250. The molecule has 6 heteroatoms. The molecule has 0 heterocycles. The zero-order valence-corrected chi connectivity index (χ0v) is 9.30. The fourth-order valence-corrected chi connectivity index (χ4v) is 1.74. The van der Waals surface area contributed by atoms with Gasteiger partial charge >= 0.3 is 5.97 Å². The monoisotopic (exact) mass is 222 g/mol. The molecule has 0 spiro atoms. The van der Waals surface area contributed by atoms with Crippen molar-refractivity contribution in [3.63, 3.8) is 0 Å². The van der Waals surface area contributed by atoms with Gasteiger partial charge in [-0.15, -0.1) is 0 Å². The normalized spacial score (nSPS) is 17.4. The van der Waals surface area contributed by atoms with E-state index in [0.717, 1.165) is 6.42 Å². The lowest BCUT2D eigenvalue weighted by molar-refractivity contribution is -0.145. The Morgan fingerprint density at radius 3 is 2.64 bits per heavy atom. The van der Waals surface area contributed by atoms with Crippen molar-refractivity contribution in [3.05, 3.63) is 0 Å². The predicted molar refractivity (Wildman–Crippen MR) is 57.2 cm³/mol. The molecule has 0 aliphatic carbocycles. The third-order valence-corrected chi connectivity index (χ3v) is 2.55. The standard InChI is InChI=1S/C8H18N2O3S/c1-3-4-10-8(13,5-14-2)6(9)7(11)12/h6,10,13H,3-5,9H2,1-2H3,(H,11,12)/t6-,8?/m1/s1. The average molecular weight is 222 g/mol. The number of carbonyl (C=O) groups is 1. The third kappa shape index (κ3) is 3.83. The van der Waals surface area contributed by atoms with Crippen molar-refractivity contribution in [2.75, 3.05) is 18.6 Å². The van der Waals surface area contributed by atoms with E-state index in [4.69, 9.17) is 10.8 Å². The third-order valence-electron chi connectivity index (χ3n) is 1.83. The summed E-state index contributed by atoms with van der Waals surface area (Å²) >= 11 is 1.35. The molecule has 0 amide bonds. The Kier molecular flexibility index (Phi) is 6.10. The van der Waals surface area contributed by atoms with Crippen molar-refractivity contribution in [1.82, 2.24) is 5.32 Å². The molecule has 0 rings (SSSR count). The SMILES string of the molecule is CCCNC(O)(CSC)[C@H](N)C(=O)O. The first-order chi connectivity index (χ1) is 6.48. The molecule has 2 atom stereocenters. The second kappa shape index (κ2) is 6.23. The van der Waals surface area contributed by atoms with Gasteiger partial charge in [0, 0.05) is 5.75 Å². The highest BCUT2D eigenvalue weighted by atomic mass is 32.2. The summed E-state index contributed by atoms with van der Waals surface area (Å²) < 4.78 is 0. The molecule has 0 aromatic heterocycles. The van der Waals surface area contributed by atoms with Gasteiger partial charge in [-0.05, 0) is 19.2 Å². The van der Waals surface area contributed by atoms with E-state index in [1.165, 1.54) is 11.8 Å². The Hall–Kier alpha value is -0.300. The fraction of sp³-hybridized carbons (Fsp3) is 0.875. The van der Waals surface area contributed by atoms with Crippen LogP contribution in [-0.2, 0) is 4.79 Å². The van der Waals surface area contributed by atoms with Crippen molar-refractivity contribution in [1.29, 1.82) is 0 Å². The van der Waals surface area contributed by atoms with Crippen LogP contribution >= 0.6 is 11.8 Å². The van der Waals surface area contributed by atoms with Gasteiger partial charge in [0.15, 0.2) is 5.72 Å². The Morgan fingerprint density at radius 2 is 2.29 bits per heavy atom. The van der Waals surface area contributed by atoms with Crippen molar-refractivity contribution in [2.24, 2.45) is 5.73 Å². The van der Waals surface area contributed by atoms with Gasteiger partial charge in [0.2, 0.25) is 0 Å². The molecule has 0 aromatic carbocycles. The number of thioether (sulfide) groups is 1. The van der Waals surface area contributed by atoms with E-state index in [1.807, 2.05) is 6.92 Å². The number of nitrogens with two attached hydrogens (primary N) is 1. The number of carboxylic acids is 1. The van der Waals surface area contributed by atoms with Crippen LogP contribution < -0.4 is 11.1 Å². The smallest absolute Gasteiger partial charge is 0.324 e. The van der Waals surface area contributed by atoms with Crippen LogP contribution in [0, 0.1) is 0 Å². The minimum atomic E-state index is -1.53. The summed E-state index contributed by atoms with van der Waals surface area (Å²) in [6.45, 7) is 2.47. The summed E-state index contributed by atoms with van der Waals surface area (Å²) in [5.74, 6) is -0.953. The Bertz CT molecular complexity index is 191. The summed E-state index contributed by atoms with van der Waals surface area (Å²) in [6.07, 6.45) is 2.59. The zero-order valence-electron chi connectivity index (χ0n) is 8.49. The van der Waals surface area contributed by atoms with Crippen LogP contribution in [0.3, 0.4) is 0 Å². The lowest BCUT2D eigenvalue weighted by Crippen LogP contribution is -2.63. The maximum atomic E-state index is 10.6. The summed E-state index contributed by atoms with van der Waals surface area (Å²) in [4.78, 5) is 10.6. The molecule has 0 saturated carbocycles. The lowest BCUT2D eigenvalue weighted by atomic mass is 10.1. The second-order valence-electron chi connectivity index (χ2n) is 3.10. The molecule has 0 aromatic rings. The van der Waals surface area contributed by atoms with Gasteiger partial charge in [-0.3, -0.25) is 10.1 Å². The number of nitrogens with one attached hydrogen (secondary N) is 1. The van der Waals surface area contributed by atoms with Crippen molar-refractivity contribution >= 4 is 17.7 Å². The lowest BCUT2D eigenvalue weighted by Gasteiger charge is -2.31. The van der Waals surface area contributed by atoms with Gasteiger partial charge in [0.1, 0.15) is 6.04 Å². The largest absolute Gasteiger partial charge is 0.480 e. The van der Waals surface area contributed by atoms with Crippen LogP contribution in [0.4, 0.5) is 0 Å². The van der Waals surface area contributed by atoms with Crippen LogP contribution in [0.25, 0.3) is 0 Å². The highest BCUT2D eigenvalue weighted by molar-refractivity contribution is 7.98. The highest BCUT2D eigenvalue weighted by Crippen LogP contribution is 2.12. The number of hydrogen-bond donors (Lipinski definition) is 4. The summed E-state index contributed by atoms with van der Waals surface area (Å²) in [5, 5.41) is 21.4. The van der Waals surface area contributed by atoms with Crippen molar-refractivity contribution in [2.45, 2.75) is 25.1 Å². The molecule has 14 heavy (non-hydrogen) atoms. The summed E-state index contributed by atoms with van der Waals surface area (Å²) in [7, 11) is 0. The van der Waals surface area contributed by atoms with E-state index in [-0.39, 0.29) is 5.75 Å². The molecule has 0 radical (unpaired) electrons. The second-order valence-corrected chi connectivity index (χ2v) is 3.97. The minimum Gasteiger partial charge on any atom is -0.480 e. The average Bonchev–Trinajstić information content (AvgIpc) is 2.14. The van der Waals surface area contributed by atoms with Crippen molar-refractivity contribution in [3.8, 4) is 0 Å². The number of carboxylic acid groups (broad SMARTS) is 1. The van der Waals surface area contributed by atoms with E-state index < -0.39 is 17.7 Å². The number of rotatable bonds is 7. The van der Waals surface area contributed by atoms with Crippen LogP contribution in [0.1, 0.15) is 13.3 Å². The first-order valence-electron chi connectivity index (χ1n) is 4.42. The van der Waals surface area contributed by atoms with Gasteiger partial charge in [-0.2, -0.15) is 11.8 Å². The Balaban J connectivity index is 4.43. The maximum absolute atomic E-state index is 10.6. The van der Waals surface area contributed by atoms with E-state index in [2.05, 4.69) is 5.32 Å².